The number of carbonyl (C=O) groups is 1. The molecule has 0 saturated carbocycles. The molecule has 0 aliphatic heterocycles. The van der Waals surface area contributed by atoms with Crippen LogP contribution in [-0.4, -0.2) is 42.2 Å². The molecular weight excluding hydrogens is 456 g/mol. The molecule has 0 saturated heterocycles. The molecule has 3 aromatic carbocycles. The summed E-state index contributed by atoms with van der Waals surface area (Å²) in [6.07, 6.45) is 0. The van der Waals surface area contributed by atoms with E-state index in [1.165, 1.54) is 26.4 Å². The van der Waals surface area contributed by atoms with Crippen LogP contribution in [0.5, 0.6) is 17.2 Å². The number of carbonyl (C=O) groups excluding carboxylic acids is 1. The molecule has 1 unspecified atom stereocenters. The van der Waals surface area contributed by atoms with Gasteiger partial charge in [0.1, 0.15) is 12.3 Å². The van der Waals surface area contributed by atoms with Gasteiger partial charge in [0.05, 0.1) is 38.0 Å². The van der Waals surface area contributed by atoms with Gasteiger partial charge in [-0.15, -0.1) is 0 Å². The number of benzene rings is 3. The molecule has 0 radical (unpaired) electrons. The lowest BCUT2D eigenvalue weighted by Crippen LogP contribution is -2.41. The molecule has 9 heteroatoms. The molecule has 0 aromatic heterocycles. The molecule has 1 N–H and O–H groups in total. The molecule has 0 spiro atoms. The predicted octanol–water partition coefficient (Wildman–Crippen LogP) is 3.79. The number of amides is 1. The fourth-order valence-corrected chi connectivity index (χ4v) is 4.83. The lowest BCUT2D eigenvalue weighted by atomic mass is 10.1. The summed E-state index contributed by atoms with van der Waals surface area (Å²) in [5, 5.41) is 2.87. The minimum atomic E-state index is -4.01. The van der Waals surface area contributed by atoms with Crippen LogP contribution in [-0.2, 0) is 14.8 Å². The maximum Gasteiger partial charge on any atom is 0.264 e. The van der Waals surface area contributed by atoms with Crippen LogP contribution in [0, 0.1) is 0 Å². The van der Waals surface area contributed by atoms with E-state index in [4.69, 9.17) is 14.2 Å². The maximum atomic E-state index is 13.5. The van der Waals surface area contributed by atoms with E-state index in [1.54, 1.807) is 61.7 Å². The summed E-state index contributed by atoms with van der Waals surface area (Å²) < 4.78 is 43.7. The normalized spacial score (nSPS) is 11.9. The van der Waals surface area contributed by atoms with Crippen molar-refractivity contribution >= 4 is 21.6 Å². The minimum Gasteiger partial charge on any atom is -0.497 e. The number of ether oxygens (including phenoxy) is 3. The first-order valence-electron chi connectivity index (χ1n) is 10.5. The zero-order chi connectivity index (χ0) is 24.7. The van der Waals surface area contributed by atoms with Crippen molar-refractivity contribution in [1.82, 2.24) is 5.32 Å². The molecule has 34 heavy (non-hydrogen) atoms. The van der Waals surface area contributed by atoms with Crippen LogP contribution in [0.1, 0.15) is 18.5 Å². The highest BCUT2D eigenvalue weighted by Crippen LogP contribution is 2.30. The van der Waals surface area contributed by atoms with Crippen LogP contribution >= 0.6 is 0 Å². The van der Waals surface area contributed by atoms with Crippen LogP contribution in [0.2, 0.25) is 0 Å². The Balaban J connectivity index is 1.85. The van der Waals surface area contributed by atoms with Crippen molar-refractivity contribution in [2.45, 2.75) is 17.9 Å². The Morgan fingerprint density at radius 3 is 2.12 bits per heavy atom. The number of para-hydroxylation sites is 1. The molecule has 0 aliphatic rings. The Kier molecular flexibility index (Phi) is 8.01. The Morgan fingerprint density at radius 2 is 1.53 bits per heavy atom. The van der Waals surface area contributed by atoms with E-state index in [0.29, 0.717) is 22.9 Å². The number of sulfonamides is 1. The van der Waals surface area contributed by atoms with E-state index in [9.17, 15) is 13.2 Å². The molecule has 3 rings (SSSR count). The van der Waals surface area contributed by atoms with E-state index in [0.717, 1.165) is 9.87 Å². The average molecular weight is 485 g/mol. The fraction of sp³-hybridized carbons (Fsp3) is 0.240. The first-order valence-corrected chi connectivity index (χ1v) is 12.0. The molecule has 1 amide bonds. The largest absolute Gasteiger partial charge is 0.497 e. The number of rotatable bonds is 10. The van der Waals surface area contributed by atoms with Crippen molar-refractivity contribution < 1.29 is 27.4 Å². The summed E-state index contributed by atoms with van der Waals surface area (Å²) >= 11 is 0. The van der Waals surface area contributed by atoms with Gasteiger partial charge in [0.2, 0.25) is 5.91 Å². The first-order chi connectivity index (χ1) is 16.3. The highest BCUT2D eigenvalue weighted by molar-refractivity contribution is 7.92. The zero-order valence-corrected chi connectivity index (χ0v) is 20.3. The molecule has 8 nitrogen and oxygen atoms in total. The number of hydrogen-bond acceptors (Lipinski definition) is 6. The van der Waals surface area contributed by atoms with Gasteiger partial charge in [0.25, 0.3) is 10.0 Å². The van der Waals surface area contributed by atoms with Gasteiger partial charge in [0.15, 0.2) is 11.5 Å². The molecule has 3 aromatic rings. The van der Waals surface area contributed by atoms with E-state index in [1.807, 2.05) is 13.0 Å². The zero-order valence-electron chi connectivity index (χ0n) is 19.5. The van der Waals surface area contributed by atoms with Crippen molar-refractivity contribution in [3.63, 3.8) is 0 Å². The highest BCUT2D eigenvalue weighted by Gasteiger charge is 2.27. The summed E-state index contributed by atoms with van der Waals surface area (Å²) in [4.78, 5) is 13.0. The third-order valence-electron chi connectivity index (χ3n) is 5.26. The third kappa shape index (κ3) is 5.60. The highest BCUT2D eigenvalue weighted by atomic mass is 32.2. The molecule has 0 heterocycles. The van der Waals surface area contributed by atoms with Gasteiger partial charge < -0.3 is 19.5 Å². The summed E-state index contributed by atoms with van der Waals surface area (Å²) in [6.45, 7) is 1.42. The monoisotopic (exact) mass is 484 g/mol. The standard InChI is InChI=1S/C25H28N2O6S/c1-18(19-10-15-23(32-3)24(16-19)33-4)26-25(28)17-27(20-8-6-5-7-9-20)34(29,30)22-13-11-21(31-2)12-14-22/h5-16,18H,17H2,1-4H3,(H,26,28). The van der Waals surface area contributed by atoms with Gasteiger partial charge in [-0.1, -0.05) is 24.3 Å². The number of methoxy groups -OCH3 is 3. The topological polar surface area (TPSA) is 94.2 Å². The van der Waals surface area contributed by atoms with E-state index in [-0.39, 0.29) is 4.90 Å². The van der Waals surface area contributed by atoms with Gasteiger partial charge >= 0.3 is 0 Å². The second-order valence-corrected chi connectivity index (χ2v) is 9.29. The van der Waals surface area contributed by atoms with Gasteiger partial charge in [-0.05, 0) is 61.0 Å². The second-order valence-electron chi connectivity index (χ2n) is 7.43. The predicted molar refractivity (Wildman–Crippen MR) is 130 cm³/mol. The minimum absolute atomic E-state index is 0.0536. The molecular formula is C25H28N2O6S. The van der Waals surface area contributed by atoms with Crippen molar-refractivity contribution in [2.75, 3.05) is 32.2 Å². The first kappa shape index (κ1) is 24.9. The quantitative estimate of drug-likeness (QED) is 0.471. The third-order valence-corrected chi connectivity index (χ3v) is 7.05. The maximum absolute atomic E-state index is 13.5. The number of anilines is 1. The fourth-order valence-electron chi connectivity index (χ4n) is 3.41. The van der Waals surface area contributed by atoms with E-state index < -0.39 is 28.5 Å². The Bertz CT molecular complexity index is 1210. The number of nitrogens with zero attached hydrogens (tertiary/aromatic N) is 1. The summed E-state index contributed by atoms with van der Waals surface area (Å²) in [5.41, 5.74) is 1.17. The van der Waals surface area contributed by atoms with Gasteiger partial charge in [0, 0.05) is 0 Å². The summed E-state index contributed by atoms with van der Waals surface area (Å²) in [6, 6.07) is 19.5. The van der Waals surface area contributed by atoms with Crippen molar-refractivity contribution in [1.29, 1.82) is 0 Å². The van der Waals surface area contributed by atoms with Gasteiger partial charge in [-0.25, -0.2) is 8.42 Å². The van der Waals surface area contributed by atoms with Crippen molar-refractivity contribution in [2.24, 2.45) is 0 Å². The lowest BCUT2D eigenvalue weighted by molar-refractivity contribution is -0.120. The molecule has 0 fully saturated rings. The second kappa shape index (κ2) is 10.9. The van der Waals surface area contributed by atoms with Crippen molar-refractivity contribution in [3.8, 4) is 17.2 Å². The SMILES string of the molecule is COc1ccc(S(=O)(=O)N(CC(=O)NC(C)c2ccc(OC)c(OC)c2)c2ccccc2)cc1. The Morgan fingerprint density at radius 1 is 0.882 bits per heavy atom. The van der Waals surface area contributed by atoms with E-state index in [2.05, 4.69) is 5.32 Å². The smallest absolute Gasteiger partial charge is 0.264 e. The Labute approximate surface area is 200 Å². The van der Waals surface area contributed by atoms with Crippen LogP contribution < -0.4 is 23.8 Å². The van der Waals surface area contributed by atoms with Gasteiger partial charge in [-0.3, -0.25) is 9.10 Å². The van der Waals surface area contributed by atoms with Crippen LogP contribution in [0.3, 0.4) is 0 Å². The van der Waals surface area contributed by atoms with E-state index >= 15 is 0 Å². The van der Waals surface area contributed by atoms with Gasteiger partial charge in [-0.2, -0.15) is 0 Å². The summed E-state index contributed by atoms with van der Waals surface area (Å²) in [5.74, 6) is 1.19. The van der Waals surface area contributed by atoms with Crippen LogP contribution in [0.4, 0.5) is 5.69 Å². The Hall–Kier alpha value is -3.72. The number of nitrogens with one attached hydrogen (secondary N) is 1. The van der Waals surface area contributed by atoms with Crippen LogP contribution in [0.15, 0.2) is 77.7 Å². The molecule has 0 bridgehead atoms. The number of hydrogen-bond donors (Lipinski definition) is 1. The van der Waals surface area contributed by atoms with Crippen LogP contribution in [0.25, 0.3) is 0 Å². The molecule has 1 atom stereocenters. The van der Waals surface area contributed by atoms with Crippen molar-refractivity contribution in [3.05, 3.63) is 78.4 Å². The lowest BCUT2D eigenvalue weighted by Gasteiger charge is -2.25. The summed E-state index contributed by atoms with van der Waals surface area (Å²) in [7, 11) is 0.570. The molecule has 0 aliphatic carbocycles. The average Bonchev–Trinajstić information content (AvgIpc) is 2.87. The molecule has 180 valence electrons.